The molecule has 0 aromatic carbocycles. The minimum absolute atomic E-state index is 0.0852. The minimum Gasteiger partial charge on any atom is -0.335 e. The Labute approximate surface area is 162 Å². The number of hydrogen-bond acceptors (Lipinski definition) is 3. The van der Waals surface area contributed by atoms with Crippen LogP contribution in [0, 0.1) is 0 Å². The summed E-state index contributed by atoms with van der Waals surface area (Å²) >= 11 is 0. The van der Waals surface area contributed by atoms with Gasteiger partial charge in [0.2, 0.25) is 0 Å². The Bertz CT molecular complexity index is 806. The molecule has 2 aliphatic rings. The van der Waals surface area contributed by atoms with E-state index in [0.717, 1.165) is 42.8 Å². The highest BCUT2D eigenvalue weighted by molar-refractivity contribution is 5.93. The van der Waals surface area contributed by atoms with Crippen LogP contribution in [-0.2, 0) is 6.42 Å². The van der Waals surface area contributed by atoms with Crippen LogP contribution >= 0.6 is 0 Å². The lowest BCUT2D eigenvalue weighted by Crippen LogP contribution is -2.38. The SMILES string of the molecule is CCc1cc(C(=O)N2CCCCCC2C)nc2cc(C3CCCCC3)nn12. The van der Waals surface area contributed by atoms with Gasteiger partial charge < -0.3 is 4.90 Å². The van der Waals surface area contributed by atoms with E-state index in [1.807, 2.05) is 15.5 Å². The van der Waals surface area contributed by atoms with Crippen molar-refractivity contribution in [2.24, 2.45) is 0 Å². The van der Waals surface area contributed by atoms with Gasteiger partial charge in [-0.1, -0.05) is 39.0 Å². The molecule has 1 atom stereocenters. The van der Waals surface area contributed by atoms with Crippen LogP contribution < -0.4 is 0 Å². The summed E-state index contributed by atoms with van der Waals surface area (Å²) in [7, 11) is 0. The first-order chi connectivity index (χ1) is 13.2. The first-order valence-corrected chi connectivity index (χ1v) is 10.9. The van der Waals surface area contributed by atoms with E-state index in [4.69, 9.17) is 10.1 Å². The van der Waals surface area contributed by atoms with E-state index in [2.05, 4.69) is 19.9 Å². The number of carbonyl (C=O) groups is 1. The number of fused-ring (bicyclic) bond motifs is 1. The monoisotopic (exact) mass is 368 g/mol. The molecular formula is C22H32N4O. The van der Waals surface area contributed by atoms with Gasteiger partial charge in [-0.2, -0.15) is 5.10 Å². The molecule has 1 amide bonds. The zero-order valence-corrected chi connectivity index (χ0v) is 16.8. The summed E-state index contributed by atoms with van der Waals surface area (Å²) < 4.78 is 1.96. The van der Waals surface area contributed by atoms with Crippen molar-refractivity contribution in [3.8, 4) is 0 Å². The van der Waals surface area contributed by atoms with Crippen LogP contribution in [0.3, 0.4) is 0 Å². The summed E-state index contributed by atoms with van der Waals surface area (Å²) in [5.41, 5.74) is 3.65. The van der Waals surface area contributed by atoms with Crippen LogP contribution in [0.2, 0.25) is 0 Å². The first kappa shape index (κ1) is 18.5. The number of likely N-dealkylation sites (tertiary alicyclic amines) is 1. The van der Waals surface area contributed by atoms with E-state index >= 15 is 0 Å². The molecule has 1 saturated heterocycles. The molecule has 5 heteroatoms. The summed E-state index contributed by atoms with van der Waals surface area (Å²) in [6.07, 6.45) is 11.8. The van der Waals surface area contributed by atoms with Crippen LogP contribution in [0.1, 0.15) is 99.4 Å². The smallest absolute Gasteiger partial charge is 0.272 e. The van der Waals surface area contributed by atoms with E-state index in [0.29, 0.717) is 17.7 Å². The zero-order valence-electron chi connectivity index (χ0n) is 16.8. The number of rotatable bonds is 3. The summed E-state index contributed by atoms with van der Waals surface area (Å²) in [6, 6.07) is 4.38. The van der Waals surface area contributed by atoms with E-state index in [9.17, 15) is 4.79 Å². The Morgan fingerprint density at radius 2 is 1.81 bits per heavy atom. The molecule has 0 radical (unpaired) electrons. The standard InChI is InChI=1S/C22H32N4O/c1-3-18-14-20(22(27)25-13-9-5-6-10-16(25)2)23-21-15-19(24-26(18)21)17-11-7-4-8-12-17/h14-17H,3-13H2,1-2H3. The fourth-order valence-electron chi connectivity index (χ4n) is 4.74. The summed E-state index contributed by atoms with van der Waals surface area (Å²) in [6.45, 7) is 5.14. The molecule has 1 aliphatic heterocycles. The van der Waals surface area contributed by atoms with Crippen LogP contribution in [0.25, 0.3) is 5.65 Å². The number of hydrogen-bond donors (Lipinski definition) is 0. The quantitative estimate of drug-likeness (QED) is 0.786. The Hall–Kier alpha value is -1.91. The Morgan fingerprint density at radius 3 is 2.59 bits per heavy atom. The second-order valence-electron chi connectivity index (χ2n) is 8.36. The lowest BCUT2D eigenvalue weighted by atomic mass is 9.87. The molecule has 4 rings (SSSR count). The van der Waals surface area contributed by atoms with Crippen molar-refractivity contribution in [3.05, 3.63) is 29.2 Å². The highest BCUT2D eigenvalue weighted by Gasteiger charge is 2.26. The van der Waals surface area contributed by atoms with Crippen molar-refractivity contribution in [3.63, 3.8) is 0 Å². The Balaban J connectivity index is 1.67. The van der Waals surface area contributed by atoms with E-state index in [-0.39, 0.29) is 5.91 Å². The molecule has 2 aromatic rings. The topological polar surface area (TPSA) is 50.5 Å². The lowest BCUT2D eigenvalue weighted by molar-refractivity contribution is 0.0692. The van der Waals surface area contributed by atoms with Gasteiger partial charge in [0.25, 0.3) is 5.91 Å². The van der Waals surface area contributed by atoms with Crippen molar-refractivity contribution in [2.75, 3.05) is 6.54 Å². The maximum atomic E-state index is 13.2. The molecule has 2 fully saturated rings. The van der Waals surface area contributed by atoms with Crippen molar-refractivity contribution in [1.82, 2.24) is 19.5 Å². The highest BCUT2D eigenvalue weighted by atomic mass is 16.2. The van der Waals surface area contributed by atoms with E-state index in [1.54, 1.807) is 0 Å². The van der Waals surface area contributed by atoms with Gasteiger partial charge in [-0.05, 0) is 45.1 Å². The van der Waals surface area contributed by atoms with Crippen LogP contribution in [0.5, 0.6) is 0 Å². The first-order valence-electron chi connectivity index (χ1n) is 10.9. The Morgan fingerprint density at radius 1 is 1.07 bits per heavy atom. The average molecular weight is 369 g/mol. The predicted molar refractivity (Wildman–Crippen MR) is 107 cm³/mol. The molecule has 146 valence electrons. The third-order valence-electron chi connectivity index (χ3n) is 6.44. The van der Waals surface area contributed by atoms with Gasteiger partial charge in [0.05, 0.1) is 5.69 Å². The molecule has 1 unspecified atom stereocenters. The van der Waals surface area contributed by atoms with Gasteiger partial charge in [-0.25, -0.2) is 9.50 Å². The predicted octanol–water partition coefficient (Wildman–Crippen LogP) is 4.74. The zero-order chi connectivity index (χ0) is 18.8. The molecule has 3 heterocycles. The highest BCUT2D eigenvalue weighted by Crippen LogP contribution is 2.32. The van der Waals surface area contributed by atoms with Gasteiger partial charge in [-0.3, -0.25) is 4.79 Å². The summed E-state index contributed by atoms with van der Waals surface area (Å²) in [5, 5.41) is 4.88. The summed E-state index contributed by atoms with van der Waals surface area (Å²) in [4.78, 5) is 20.0. The largest absolute Gasteiger partial charge is 0.335 e. The van der Waals surface area contributed by atoms with Gasteiger partial charge in [0, 0.05) is 30.3 Å². The lowest BCUT2D eigenvalue weighted by Gasteiger charge is -2.27. The number of aryl methyl sites for hydroxylation is 1. The molecule has 1 saturated carbocycles. The third-order valence-corrected chi connectivity index (χ3v) is 6.44. The number of carbonyl (C=O) groups excluding carboxylic acids is 1. The van der Waals surface area contributed by atoms with Crippen LogP contribution in [0.15, 0.2) is 12.1 Å². The second-order valence-corrected chi connectivity index (χ2v) is 8.36. The fourth-order valence-corrected chi connectivity index (χ4v) is 4.74. The normalized spacial score (nSPS) is 22.1. The molecule has 2 aromatic heterocycles. The maximum Gasteiger partial charge on any atom is 0.272 e. The van der Waals surface area contributed by atoms with Gasteiger partial charge in [-0.15, -0.1) is 0 Å². The fraction of sp³-hybridized carbons (Fsp3) is 0.682. The molecular weight excluding hydrogens is 336 g/mol. The average Bonchev–Trinajstić information content (AvgIpc) is 3.02. The van der Waals surface area contributed by atoms with Crippen molar-refractivity contribution in [2.45, 2.75) is 90.0 Å². The molecule has 0 N–H and O–H groups in total. The van der Waals surface area contributed by atoms with E-state index < -0.39 is 0 Å². The number of aromatic nitrogens is 3. The minimum atomic E-state index is 0.0852. The second kappa shape index (κ2) is 7.99. The summed E-state index contributed by atoms with van der Waals surface area (Å²) in [5.74, 6) is 0.636. The molecule has 27 heavy (non-hydrogen) atoms. The van der Waals surface area contributed by atoms with Crippen LogP contribution in [0.4, 0.5) is 0 Å². The van der Waals surface area contributed by atoms with E-state index in [1.165, 1.54) is 44.9 Å². The van der Waals surface area contributed by atoms with Gasteiger partial charge in [0.15, 0.2) is 5.65 Å². The van der Waals surface area contributed by atoms with Crippen molar-refractivity contribution in [1.29, 1.82) is 0 Å². The molecule has 0 bridgehead atoms. The van der Waals surface area contributed by atoms with Crippen molar-refractivity contribution < 1.29 is 4.79 Å². The third kappa shape index (κ3) is 3.74. The molecule has 1 aliphatic carbocycles. The van der Waals surface area contributed by atoms with Crippen molar-refractivity contribution >= 4 is 11.6 Å². The van der Waals surface area contributed by atoms with Crippen LogP contribution in [-0.4, -0.2) is 38.0 Å². The van der Waals surface area contributed by atoms with Gasteiger partial charge >= 0.3 is 0 Å². The van der Waals surface area contributed by atoms with Gasteiger partial charge in [0.1, 0.15) is 5.69 Å². The Kier molecular flexibility index (Phi) is 5.46. The number of nitrogens with zero attached hydrogens (tertiary/aromatic N) is 4. The maximum absolute atomic E-state index is 13.2. The molecule has 0 spiro atoms. The number of amides is 1. The molecule has 5 nitrogen and oxygen atoms in total.